The number of aromatic nitrogens is 5. The van der Waals surface area contributed by atoms with Crippen LogP contribution in [0, 0.1) is 0 Å². The molecule has 2 unspecified atom stereocenters. The van der Waals surface area contributed by atoms with E-state index in [4.69, 9.17) is 20.9 Å². The van der Waals surface area contributed by atoms with Gasteiger partial charge >= 0.3 is 6.09 Å². The molecule has 0 aliphatic carbocycles. The van der Waals surface area contributed by atoms with Crippen LogP contribution in [0.5, 0.6) is 0 Å². The molecule has 6 atom stereocenters. The van der Waals surface area contributed by atoms with E-state index in [9.17, 15) is 20.1 Å². The average Bonchev–Trinajstić information content (AvgIpc) is 3.57. The molecule has 0 aromatic carbocycles. The molecule has 3 aromatic rings. The first kappa shape index (κ1) is 24.7. The molecule has 14 heteroatoms. The lowest BCUT2D eigenvalue weighted by atomic mass is 9.95. The summed E-state index contributed by atoms with van der Waals surface area (Å²) in [4.78, 5) is 26.0. The summed E-state index contributed by atoms with van der Waals surface area (Å²) < 4.78 is 12.8. The van der Waals surface area contributed by atoms with Crippen molar-refractivity contribution in [3.8, 4) is 0 Å². The molecule has 2 fully saturated rings. The van der Waals surface area contributed by atoms with Gasteiger partial charge in [-0.05, 0) is 37.3 Å². The Balaban J connectivity index is 1.40. The Hall–Kier alpha value is -3.00. The van der Waals surface area contributed by atoms with Crippen molar-refractivity contribution in [3.05, 3.63) is 29.1 Å². The SMILES string of the molecule is CCc1cc([C@H]2O[C@@H](n3cnc4c(NC5CCN(C(=O)O)C(CC)C5)nc(Cl)nc43)[C@H](O)[C@@H]2O)on1. The molecule has 4 N–H and O–H groups in total. The van der Waals surface area contributed by atoms with Crippen molar-refractivity contribution < 1.29 is 29.4 Å². The van der Waals surface area contributed by atoms with Crippen LogP contribution in [-0.2, 0) is 11.2 Å². The number of nitrogens with zero attached hydrogens (tertiary/aromatic N) is 6. The zero-order valence-electron chi connectivity index (χ0n) is 19.8. The highest BCUT2D eigenvalue weighted by Gasteiger charge is 2.47. The second-order valence-electron chi connectivity index (χ2n) is 9.07. The number of imidazole rings is 1. The van der Waals surface area contributed by atoms with E-state index >= 15 is 0 Å². The summed E-state index contributed by atoms with van der Waals surface area (Å²) in [7, 11) is 0. The van der Waals surface area contributed by atoms with Gasteiger partial charge in [-0.3, -0.25) is 4.57 Å². The van der Waals surface area contributed by atoms with Crippen molar-refractivity contribution in [2.75, 3.05) is 11.9 Å². The lowest BCUT2D eigenvalue weighted by molar-refractivity contribution is -0.0434. The van der Waals surface area contributed by atoms with E-state index in [1.165, 1.54) is 15.8 Å². The number of halogens is 1. The summed E-state index contributed by atoms with van der Waals surface area (Å²) >= 11 is 6.24. The number of hydrogen-bond acceptors (Lipinski definition) is 10. The Morgan fingerprint density at radius 1 is 1.28 bits per heavy atom. The molecule has 3 aromatic heterocycles. The third-order valence-electron chi connectivity index (χ3n) is 6.90. The van der Waals surface area contributed by atoms with E-state index in [-0.39, 0.29) is 17.4 Å². The van der Waals surface area contributed by atoms with Gasteiger partial charge in [0.05, 0.1) is 12.0 Å². The number of piperidine rings is 1. The largest absolute Gasteiger partial charge is 0.465 e. The van der Waals surface area contributed by atoms with Crippen molar-refractivity contribution in [3.63, 3.8) is 0 Å². The highest BCUT2D eigenvalue weighted by atomic mass is 35.5. The first-order chi connectivity index (χ1) is 17.3. The van der Waals surface area contributed by atoms with Gasteiger partial charge in [0.25, 0.3) is 0 Å². The lowest BCUT2D eigenvalue weighted by Crippen LogP contribution is -2.48. The van der Waals surface area contributed by atoms with Gasteiger partial charge in [-0.15, -0.1) is 0 Å². The van der Waals surface area contributed by atoms with E-state index in [1.807, 2.05) is 13.8 Å². The Bertz CT molecular complexity index is 1250. The van der Waals surface area contributed by atoms with Crippen molar-refractivity contribution in [1.82, 2.24) is 29.6 Å². The second-order valence-corrected chi connectivity index (χ2v) is 9.41. The third-order valence-corrected chi connectivity index (χ3v) is 7.07. The normalized spacial score (nSPS) is 28.6. The molecule has 0 radical (unpaired) electrons. The summed E-state index contributed by atoms with van der Waals surface area (Å²) in [6.07, 6.45) is -1.38. The predicted molar refractivity (Wildman–Crippen MR) is 127 cm³/mol. The number of carbonyl (C=O) groups is 1. The summed E-state index contributed by atoms with van der Waals surface area (Å²) in [6.45, 7) is 4.29. The number of hydrogen-bond donors (Lipinski definition) is 4. The van der Waals surface area contributed by atoms with Gasteiger partial charge in [-0.2, -0.15) is 9.97 Å². The van der Waals surface area contributed by atoms with Gasteiger partial charge in [-0.25, -0.2) is 9.78 Å². The van der Waals surface area contributed by atoms with Crippen LogP contribution in [0.15, 0.2) is 16.9 Å². The van der Waals surface area contributed by atoms with E-state index < -0.39 is 30.6 Å². The minimum absolute atomic E-state index is 0.0332. The maximum Gasteiger partial charge on any atom is 0.407 e. The third kappa shape index (κ3) is 4.36. The zero-order chi connectivity index (χ0) is 25.6. The topological polar surface area (TPSA) is 172 Å². The molecule has 2 saturated heterocycles. The van der Waals surface area contributed by atoms with E-state index in [2.05, 4.69) is 25.4 Å². The van der Waals surface area contributed by atoms with Gasteiger partial charge in [-0.1, -0.05) is 19.0 Å². The molecule has 194 valence electrons. The van der Waals surface area contributed by atoms with Crippen molar-refractivity contribution in [2.45, 2.75) is 76.2 Å². The highest BCUT2D eigenvalue weighted by molar-refractivity contribution is 6.28. The second kappa shape index (κ2) is 9.81. The maximum absolute atomic E-state index is 11.5. The fourth-order valence-corrected chi connectivity index (χ4v) is 5.11. The Kier molecular flexibility index (Phi) is 6.72. The average molecular weight is 522 g/mol. The molecule has 1 amide bonds. The number of likely N-dealkylation sites (tertiary alicyclic amines) is 1. The van der Waals surface area contributed by atoms with Crippen LogP contribution in [0.3, 0.4) is 0 Å². The Labute approximate surface area is 211 Å². The van der Waals surface area contributed by atoms with Crippen LogP contribution in [0.1, 0.15) is 56.9 Å². The molecule has 0 spiro atoms. The van der Waals surface area contributed by atoms with Crippen LogP contribution in [0.25, 0.3) is 11.2 Å². The van der Waals surface area contributed by atoms with Gasteiger partial charge in [0.15, 0.2) is 29.0 Å². The molecular weight excluding hydrogens is 494 g/mol. The zero-order valence-corrected chi connectivity index (χ0v) is 20.5. The van der Waals surface area contributed by atoms with Crippen LogP contribution in [0.2, 0.25) is 5.28 Å². The van der Waals surface area contributed by atoms with E-state index in [0.29, 0.717) is 60.7 Å². The molecule has 36 heavy (non-hydrogen) atoms. The van der Waals surface area contributed by atoms with Gasteiger partial charge < -0.3 is 34.8 Å². The Morgan fingerprint density at radius 3 is 2.78 bits per heavy atom. The Morgan fingerprint density at radius 2 is 2.08 bits per heavy atom. The van der Waals surface area contributed by atoms with Gasteiger partial charge in [0.2, 0.25) is 5.28 Å². The quantitative estimate of drug-likeness (QED) is 0.351. The number of aryl methyl sites for hydroxylation is 1. The summed E-state index contributed by atoms with van der Waals surface area (Å²) in [5.41, 5.74) is 1.44. The van der Waals surface area contributed by atoms with Gasteiger partial charge in [0.1, 0.15) is 18.3 Å². The maximum atomic E-state index is 11.5. The predicted octanol–water partition coefficient (Wildman–Crippen LogP) is 2.35. The fraction of sp³-hybridized carbons (Fsp3) is 0.591. The number of carboxylic acid groups (broad SMARTS) is 1. The van der Waals surface area contributed by atoms with Crippen LogP contribution >= 0.6 is 11.6 Å². The summed E-state index contributed by atoms with van der Waals surface area (Å²) in [6, 6.07) is 1.54. The molecule has 13 nitrogen and oxygen atoms in total. The molecule has 5 heterocycles. The first-order valence-corrected chi connectivity index (χ1v) is 12.3. The van der Waals surface area contributed by atoms with Crippen LogP contribution in [-0.4, -0.2) is 81.8 Å². The number of aliphatic hydroxyl groups excluding tert-OH is 2. The molecular formula is C22H28ClN7O6. The highest BCUT2D eigenvalue weighted by Crippen LogP contribution is 2.40. The number of nitrogens with one attached hydrogen (secondary N) is 1. The molecule has 0 bridgehead atoms. The number of aliphatic hydroxyl groups is 2. The smallest absolute Gasteiger partial charge is 0.407 e. The summed E-state index contributed by atoms with van der Waals surface area (Å²) in [5.74, 6) is 0.721. The first-order valence-electron chi connectivity index (χ1n) is 11.9. The number of fused-ring (bicyclic) bond motifs is 1. The molecule has 2 aliphatic heterocycles. The molecule has 0 saturated carbocycles. The van der Waals surface area contributed by atoms with Crippen LogP contribution in [0.4, 0.5) is 10.6 Å². The number of amides is 1. The summed E-state index contributed by atoms with van der Waals surface area (Å²) in [5, 5.41) is 38.1. The lowest BCUT2D eigenvalue weighted by Gasteiger charge is -2.37. The van der Waals surface area contributed by atoms with Crippen molar-refractivity contribution in [2.24, 2.45) is 0 Å². The van der Waals surface area contributed by atoms with Crippen molar-refractivity contribution in [1.29, 1.82) is 0 Å². The van der Waals surface area contributed by atoms with E-state index in [1.54, 1.807) is 6.07 Å². The van der Waals surface area contributed by atoms with Crippen molar-refractivity contribution >= 4 is 34.7 Å². The van der Waals surface area contributed by atoms with Crippen LogP contribution < -0.4 is 5.32 Å². The number of ether oxygens (including phenoxy) is 1. The minimum atomic E-state index is -1.29. The molecule has 2 aliphatic rings. The molecule has 5 rings (SSSR count). The minimum Gasteiger partial charge on any atom is -0.465 e. The number of anilines is 1. The standard InChI is InChI=1S/C22H28ClN7O6/c1-3-10-8-13(36-28-10)17-15(31)16(32)20(35-17)30-9-24-14-18(26-21(23)27-19(14)30)25-11-5-6-29(22(33)34)12(4-2)7-11/h8-9,11-12,15-17,20,31-32H,3-7H2,1-2H3,(H,33,34)(H,25,26,27)/t11?,12?,15-,16+,17+,20+/m0/s1. The van der Waals surface area contributed by atoms with Gasteiger partial charge in [0, 0.05) is 24.7 Å². The number of rotatable bonds is 6. The van der Waals surface area contributed by atoms with E-state index in [0.717, 1.165) is 0 Å². The fourth-order valence-electron chi connectivity index (χ4n) is 4.94. The monoisotopic (exact) mass is 521 g/mol.